The number of rotatable bonds is 8. The van der Waals surface area contributed by atoms with Crippen LogP contribution in [0.25, 0.3) is 11.3 Å². The zero-order valence-electron chi connectivity index (χ0n) is 30.0. The number of ether oxygens (including phenoxy) is 3. The van der Waals surface area contributed by atoms with Crippen LogP contribution in [0, 0.1) is 4.91 Å². The number of nitroso groups, excluding NO2 is 1. The Morgan fingerprint density at radius 1 is 0.778 bits per heavy atom. The minimum Gasteiger partial charge on any atom is -0.454 e. The van der Waals surface area contributed by atoms with Crippen LogP contribution in [0.5, 0.6) is 11.5 Å². The summed E-state index contributed by atoms with van der Waals surface area (Å²) in [5, 5.41) is 3.05. The number of nitrogens with zero attached hydrogens (tertiary/aromatic N) is 5. The summed E-state index contributed by atoms with van der Waals surface area (Å²) in [5.74, 6) is 0.834. The normalized spacial score (nSPS) is 17.8. The van der Waals surface area contributed by atoms with Gasteiger partial charge in [-0.2, -0.15) is 0 Å². The number of carbonyl (C=O) groups excluding carboxylic acids is 2. The molecule has 1 unspecified atom stereocenters. The third-order valence-corrected chi connectivity index (χ3v) is 11.1. The zero-order valence-corrected chi connectivity index (χ0v) is 30.0. The van der Waals surface area contributed by atoms with E-state index in [-0.39, 0.29) is 30.3 Å². The lowest BCUT2D eigenvalue weighted by Crippen LogP contribution is -2.52. The zero-order chi connectivity index (χ0) is 36.6. The molecule has 11 heteroatoms. The fraction of sp³-hybridized carbons (Fsp3) is 0.302. The summed E-state index contributed by atoms with van der Waals surface area (Å²) in [6, 6.07) is 30.2. The molecule has 1 saturated heterocycles. The average Bonchev–Trinajstić information content (AvgIpc) is 3.86. The molecule has 0 saturated carbocycles. The molecule has 0 radical (unpaired) electrons. The summed E-state index contributed by atoms with van der Waals surface area (Å²) in [6.07, 6.45) is 3.37. The van der Waals surface area contributed by atoms with Gasteiger partial charge >= 0.3 is 0 Å². The second kappa shape index (κ2) is 14.6. The average molecular weight is 724 g/mol. The van der Waals surface area contributed by atoms with Crippen molar-refractivity contribution in [3.63, 3.8) is 0 Å². The van der Waals surface area contributed by atoms with Gasteiger partial charge in [-0.1, -0.05) is 42.5 Å². The van der Waals surface area contributed by atoms with Gasteiger partial charge in [0.1, 0.15) is 5.69 Å². The number of hydrogen-bond acceptors (Lipinski definition) is 8. The summed E-state index contributed by atoms with van der Waals surface area (Å²) in [5.41, 5.74) is 7.55. The highest BCUT2D eigenvalue weighted by atomic mass is 16.7. The fourth-order valence-electron chi connectivity index (χ4n) is 8.38. The van der Waals surface area contributed by atoms with Gasteiger partial charge in [-0.05, 0) is 96.6 Å². The van der Waals surface area contributed by atoms with E-state index in [0.29, 0.717) is 65.9 Å². The molecule has 4 aromatic carbocycles. The molecule has 0 spiro atoms. The SMILES string of the molecule is O=Nc1ccc(N(C(=O)c2cc(-c3cc4c(cc3C(=O)N3Cc5ccccc5CC3CN3CCOCC3)OCO4)n3c2CCCC3)c2ccccc2)cc1. The topological polar surface area (TPSA) is 106 Å². The van der Waals surface area contributed by atoms with Crippen molar-refractivity contribution in [2.24, 2.45) is 5.18 Å². The van der Waals surface area contributed by atoms with Gasteiger partial charge in [-0.3, -0.25) is 19.4 Å². The first-order chi connectivity index (χ1) is 26.6. The second-order valence-corrected chi connectivity index (χ2v) is 14.3. The highest BCUT2D eigenvalue weighted by Crippen LogP contribution is 2.43. The van der Waals surface area contributed by atoms with Crippen molar-refractivity contribution in [1.29, 1.82) is 0 Å². The largest absolute Gasteiger partial charge is 0.454 e. The minimum absolute atomic E-state index is 0.0395. The molecular formula is C43H41N5O6. The lowest BCUT2D eigenvalue weighted by atomic mass is 9.92. The summed E-state index contributed by atoms with van der Waals surface area (Å²) in [4.78, 5) is 47.4. The predicted molar refractivity (Wildman–Crippen MR) is 205 cm³/mol. The van der Waals surface area contributed by atoms with E-state index >= 15 is 4.79 Å². The van der Waals surface area contributed by atoms with Gasteiger partial charge < -0.3 is 23.7 Å². The van der Waals surface area contributed by atoms with Gasteiger partial charge in [-0.25, -0.2) is 0 Å². The van der Waals surface area contributed by atoms with Crippen molar-refractivity contribution in [1.82, 2.24) is 14.4 Å². The fourth-order valence-corrected chi connectivity index (χ4v) is 8.38. The van der Waals surface area contributed by atoms with Crippen LogP contribution in [0.15, 0.2) is 102 Å². The van der Waals surface area contributed by atoms with Gasteiger partial charge in [0.2, 0.25) is 6.79 Å². The van der Waals surface area contributed by atoms with Crippen LogP contribution >= 0.6 is 0 Å². The van der Waals surface area contributed by atoms with Crippen LogP contribution in [-0.4, -0.2) is 71.9 Å². The number of anilines is 2. The molecule has 1 fully saturated rings. The molecule has 0 aliphatic carbocycles. The van der Waals surface area contributed by atoms with Crippen molar-refractivity contribution in [2.75, 3.05) is 44.5 Å². The van der Waals surface area contributed by atoms with Crippen LogP contribution < -0.4 is 14.4 Å². The number of benzene rings is 4. The van der Waals surface area contributed by atoms with E-state index in [2.05, 4.69) is 32.8 Å². The Bertz CT molecular complexity index is 2210. The first-order valence-electron chi connectivity index (χ1n) is 18.7. The van der Waals surface area contributed by atoms with Gasteiger partial charge in [0.25, 0.3) is 11.8 Å². The van der Waals surface area contributed by atoms with Crippen molar-refractivity contribution in [2.45, 2.75) is 44.8 Å². The summed E-state index contributed by atoms with van der Waals surface area (Å²) in [6.45, 7) is 5.08. The molecule has 2 amide bonds. The standard InChI is InChI=1S/C43H41N5O6/c49-42(47-26-30-9-5-4-8-29(30)22-34(47)27-45-18-20-52-21-19-45)36-25-41-40(53-28-54-41)24-35(36)39-23-37(38-12-6-7-17-46(38)39)43(50)48(32-10-2-1-3-11-32)33-15-13-31(44-51)14-16-33/h1-5,8-11,13-16,23-25,34H,6-7,12,17-22,26-28H2. The third kappa shape index (κ3) is 6.33. The molecular weight excluding hydrogens is 683 g/mol. The highest BCUT2D eigenvalue weighted by Gasteiger charge is 2.36. The minimum atomic E-state index is -0.197. The van der Waals surface area contributed by atoms with Crippen molar-refractivity contribution in [3.8, 4) is 22.8 Å². The molecule has 9 rings (SSSR count). The van der Waals surface area contributed by atoms with Gasteiger partial charge in [0.15, 0.2) is 11.5 Å². The maximum Gasteiger partial charge on any atom is 0.264 e. The molecule has 4 aliphatic heterocycles. The van der Waals surface area contributed by atoms with Crippen molar-refractivity contribution >= 4 is 28.9 Å². The number of aromatic nitrogens is 1. The van der Waals surface area contributed by atoms with E-state index in [1.165, 1.54) is 5.56 Å². The molecule has 5 heterocycles. The molecule has 0 N–H and O–H groups in total. The van der Waals surface area contributed by atoms with Crippen LogP contribution in [-0.2, 0) is 30.7 Å². The lowest BCUT2D eigenvalue weighted by Gasteiger charge is -2.40. The molecule has 1 atom stereocenters. The highest BCUT2D eigenvalue weighted by molar-refractivity contribution is 6.13. The van der Waals surface area contributed by atoms with Crippen LogP contribution in [0.3, 0.4) is 0 Å². The Balaban J connectivity index is 1.15. The number of hydrogen-bond donors (Lipinski definition) is 0. The Kier molecular flexibility index (Phi) is 9.18. The molecule has 54 heavy (non-hydrogen) atoms. The second-order valence-electron chi connectivity index (χ2n) is 14.3. The summed E-state index contributed by atoms with van der Waals surface area (Å²) >= 11 is 0. The molecule has 4 aliphatic rings. The Morgan fingerprint density at radius 3 is 2.28 bits per heavy atom. The Morgan fingerprint density at radius 2 is 1.50 bits per heavy atom. The summed E-state index contributed by atoms with van der Waals surface area (Å²) in [7, 11) is 0. The van der Waals surface area contributed by atoms with Crippen molar-refractivity contribution < 1.29 is 23.8 Å². The monoisotopic (exact) mass is 723 g/mol. The molecule has 1 aromatic heterocycles. The maximum atomic E-state index is 15.2. The number of morpholine rings is 1. The van der Waals surface area contributed by atoms with Crippen molar-refractivity contribution in [3.05, 3.63) is 130 Å². The first kappa shape index (κ1) is 34.0. The molecule has 0 bridgehead atoms. The van der Waals surface area contributed by atoms with E-state index in [4.69, 9.17) is 14.2 Å². The van der Waals surface area contributed by atoms with E-state index in [9.17, 15) is 9.70 Å². The smallest absolute Gasteiger partial charge is 0.264 e. The number of fused-ring (bicyclic) bond motifs is 3. The Hall–Kier alpha value is -5.78. The predicted octanol–water partition coefficient (Wildman–Crippen LogP) is 7.50. The summed E-state index contributed by atoms with van der Waals surface area (Å²) < 4.78 is 19.6. The van der Waals surface area contributed by atoms with Gasteiger partial charge in [0, 0.05) is 67.1 Å². The van der Waals surface area contributed by atoms with Crippen LogP contribution in [0.2, 0.25) is 0 Å². The lowest BCUT2D eigenvalue weighted by molar-refractivity contribution is 0.0193. The van der Waals surface area contributed by atoms with E-state index in [0.717, 1.165) is 62.3 Å². The van der Waals surface area contributed by atoms with E-state index < -0.39 is 0 Å². The molecule has 11 nitrogen and oxygen atoms in total. The van der Waals surface area contributed by atoms with Gasteiger partial charge in [-0.15, -0.1) is 4.91 Å². The van der Waals surface area contributed by atoms with Gasteiger partial charge in [0.05, 0.1) is 24.3 Å². The maximum absolute atomic E-state index is 15.2. The van der Waals surface area contributed by atoms with Crippen LogP contribution in [0.4, 0.5) is 17.1 Å². The van der Waals surface area contributed by atoms with E-state index in [1.807, 2.05) is 59.5 Å². The first-order valence-corrected chi connectivity index (χ1v) is 18.7. The van der Waals surface area contributed by atoms with E-state index in [1.54, 1.807) is 29.2 Å². The third-order valence-electron chi connectivity index (χ3n) is 11.1. The number of para-hydroxylation sites is 1. The number of carbonyl (C=O) groups is 2. The number of amides is 2. The van der Waals surface area contributed by atoms with Crippen LogP contribution in [0.1, 0.15) is 50.4 Å². The molecule has 274 valence electrons. The molecule has 5 aromatic rings. The Labute approximate surface area is 313 Å². The quantitative estimate of drug-likeness (QED) is 0.153.